The lowest BCUT2D eigenvalue weighted by molar-refractivity contribution is 0.443. The van der Waals surface area contributed by atoms with Gasteiger partial charge in [0.1, 0.15) is 0 Å². The van der Waals surface area contributed by atoms with E-state index in [-0.39, 0.29) is 0 Å². The number of nitrogen functional groups attached to an aromatic ring is 1. The van der Waals surface area contributed by atoms with Crippen molar-refractivity contribution in [3.05, 3.63) is 29.8 Å². The molecule has 0 heterocycles. The van der Waals surface area contributed by atoms with Crippen molar-refractivity contribution in [3.63, 3.8) is 0 Å². The number of benzene rings is 1. The Morgan fingerprint density at radius 3 is 2.56 bits per heavy atom. The third kappa shape index (κ3) is 2.63. The normalized spacial score (nSPS) is 18.7. The molecule has 86 valence electrons. The zero-order valence-corrected chi connectivity index (χ0v) is 9.95. The van der Waals surface area contributed by atoms with Crippen molar-refractivity contribution in [1.82, 2.24) is 0 Å². The molecule has 0 aliphatic heterocycles. The molecule has 16 heavy (non-hydrogen) atoms. The van der Waals surface area contributed by atoms with E-state index in [1.165, 1.54) is 32.1 Å². The number of anilines is 1. The number of hydrogen-bond donors (Lipinski definition) is 1. The molecule has 0 bridgehead atoms. The van der Waals surface area contributed by atoms with E-state index in [1.54, 1.807) is 0 Å². The Hall–Kier alpha value is -1.31. The molecule has 0 saturated heterocycles. The standard InChI is InChI=1S/C14H20N2/c1-11(13-9-5-6-10-14(13)15)16-12-7-3-2-4-8-12/h5-6,9-10,12H,2-4,7-8,15H2,1H3. The number of para-hydroxylation sites is 1. The van der Waals surface area contributed by atoms with Crippen molar-refractivity contribution in [2.75, 3.05) is 5.73 Å². The van der Waals surface area contributed by atoms with Crippen LogP contribution < -0.4 is 5.73 Å². The summed E-state index contributed by atoms with van der Waals surface area (Å²) in [5.74, 6) is 0. The molecule has 2 heteroatoms. The summed E-state index contributed by atoms with van der Waals surface area (Å²) in [6, 6.07) is 8.50. The highest BCUT2D eigenvalue weighted by molar-refractivity contribution is 6.03. The highest BCUT2D eigenvalue weighted by Crippen LogP contribution is 2.22. The van der Waals surface area contributed by atoms with Crippen LogP contribution >= 0.6 is 0 Å². The fourth-order valence-electron chi connectivity index (χ4n) is 2.38. The Morgan fingerprint density at radius 2 is 1.88 bits per heavy atom. The van der Waals surface area contributed by atoms with Gasteiger partial charge in [0.15, 0.2) is 0 Å². The molecule has 2 N–H and O–H groups in total. The van der Waals surface area contributed by atoms with E-state index >= 15 is 0 Å². The lowest BCUT2D eigenvalue weighted by atomic mass is 9.95. The first kappa shape index (κ1) is 11.2. The highest BCUT2D eigenvalue weighted by Gasteiger charge is 2.12. The number of aliphatic imine (C=N–C) groups is 1. The van der Waals surface area contributed by atoms with Crippen molar-refractivity contribution < 1.29 is 0 Å². The molecule has 1 aliphatic carbocycles. The van der Waals surface area contributed by atoms with E-state index in [0.29, 0.717) is 6.04 Å². The Kier molecular flexibility index (Phi) is 3.60. The lowest BCUT2D eigenvalue weighted by Crippen LogP contribution is -2.12. The number of rotatable bonds is 2. The summed E-state index contributed by atoms with van der Waals surface area (Å²) in [7, 11) is 0. The minimum atomic E-state index is 0.522. The minimum Gasteiger partial charge on any atom is -0.398 e. The van der Waals surface area contributed by atoms with E-state index in [4.69, 9.17) is 10.7 Å². The van der Waals surface area contributed by atoms with Crippen LogP contribution in [0.5, 0.6) is 0 Å². The number of nitrogens with zero attached hydrogens (tertiary/aromatic N) is 1. The van der Waals surface area contributed by atoms with Crippen molar-refractivity contribution in [2.24, 2.45) is 4.99 Å². The zero-order valence-electron chi connectivity index (χ0n) is 9.95. The van der Waals surface area contributed by atoms with E-state index in [2.05, 4.69) is 13.0 Å². The number of hydrogen-bond acceptors (Lipinski definition) is 2. The largest absolute Gasteiger partial charge is 0.398 e. The van der Waals surface area contributed by atoms with Crippen LogP contribution in [0.25, 0.3) is 0 Å². The van der Waals surface area contributed by atoms with E-state index < -0.39 is 0 Å². The second kappa shape index (κ2) is 5.15. The SMILES string of the molecule is CC(=NC1CCCCC1)c1ccccc1N. The molecular weight excluding hydrogens is 196 g/mol. The van der Waals surface area contributed by atoms with Crippen LogP contribution in [-0.4, -0.2) is 11.8 Å². The van der Waals surface area contributed by atoms with Gasteiger partial charge < -0.3 is 5.73 Å². The monoisotopic (exact) mass is 216 g/mol. The van der Waals surface area contributed by atoms with Gasteiger partial charge in [-0.1, -0.05) is 37.5 Å². The topological polar surface area (TPSA) is 38.4 Å². The molecule has 1 fully saturated rings. The van der Waals surface area contributed by atoms with Crippen LogP contribution in [0.4, 0.5) is 5.69 Å². The maximum absolute atomic E-state index is 5.95. The van der Waals surface area contributed by atoms with Gasteiger partial charge in [0.25, 0.3) is 0 Å². The zero-order chi connectivity index (χ0) is 11.4. The average molecular weight is 216 g/mol. The van der Waals surface area contributed by atoms with Crippen molar-refractivity contribution in [1.29, 1.82) is 0 Å². The summed E-state index contributed by atoms with van der Waals surface area (Å²) in [6.45, 7) is 2.07. The molecule has 1 aliphatic rings. The predicted octanol–water partition coefficient (Wildman–Crippen LogP) is 3.41. The minimum absolute atomic E-state index is 0.522. The van der Waals surface area contributed by atoms with E-state index in [0.717, 1.165) is 17.0 Å². The molecule has 2 nitrogen and oxygen atoms in total. The molecule has 0 unspecified atom stereocenters. The van der Waals surface area contributed by atoms with Gasteiger partial charge in [-0.15, -0.1) is 0 Å². The smallest absolute Gasteiger partial charge is 0.0503 e. The molecule has 0 amide bonds. The first-order valence-electron chi connectivity index (χ1n) is 6.16. The molecular formula is C14H20N2. The van der Waals surface area contributed by atoms with Gasteiger partial charge in [-0.2, -0.15) is 0 Å². The Labute approximate surface area is 97.6 Å². The van der Waals surface area contributed by atoms with Gasteiger partial charge in [-0.3, -0.25) is 4.99 Å². The van der Waals surface area contributed by atoms with Crippen LogP contribution in [0.1, 0.15) is 44.6 Å². The molecule has 0 aromatic heterocycles. The summed E-state index contributed by atoms with van der Waals surface area (Å²) in [4.78, 5) is 4.80. The van der Waals surface area contributed by atoms with Crippen LogP contribution in [-0.2, 0) is 0 Å². The molecule has 0 spiro atoms. The quantitative estimate of drug-likeness (QED) is 0.597. The first-order chi connectivity index (χ1) is 7.77. The van der Waals surface area contributed by atoms with Gasteiger partial charge in [0, 0.05) is 17.0 Å². The maximum Gasteiger partial charge on any atom is 0.0503 e. The summed E-state index contributed by atoms with van der Waals surface area (Å²) in [5, 5.41) is 0. The van der Waals surface area contributed by atoms with Crippen molar-refractivity contribution in [3.8, 4) is 0 Å². The van der Waals surface area contributed by atoms with Gasteiger partial charge in [-0.05, 0) is 25.8 Å². The molecule has 2 rings (SSSR count). The van der Waals surface area contributed by atoms with Crippen LogP contribution in [0.15, 0.2) is 29.3 Å². The van der Waals surface area contributed by atoms with Gasteiger partial charge in [0.2, 0.25) is 0 Å². The Bertz CT molecular complexity index is 376. The van der Waals surface area contributed by atoms with Crippen LogP contribution in [0, 0.1) is 0 Å². The second-order valence-corrected chi connectivity index (χ2v) is 4.59. The summed E-state index contributed by atoms with van der Waals surface area (Å²) in [6.07, 6.45) is 6.50. The summed E-state index contributed by atoms with van der Waals surface area (Å²) >= 11 is 0. The average Bonchev–Trinajstić information content (AvgIpc) is 2.31. The van der Waals surface area contributed by atoms with E-state index in [1.807, 2.05) is 18.2 Å². The van der Waals surface area contributed by atoms with Crippen LogP contribution in [0.2, 0.25) is 0 Å². The summed E-state index contributed by atoms with van der Waals surface area (Å²) < 4.78 is 0. The van der Waals surface area contributed by atoms with Gasteiger partial charge in [-0.25, -0.2) is 0 Å². The van der Waals surface area contributed by atoms with E-state index in [9.17, 15) is 0 Å². The molecule has 1 aromatic carbocycles. The van der Waals surface area contributed by atoms with Crippen LogP contribution in [0.3, 0.4) is 0 Å². The molecule has 1 aromatic rings. The Morgan fingerprint density at radius 1 is 1.19 bits per heavy atom. The Balaban J connectivity index is 2.14. The predicted molar refractivity (Wildman–Crippen MR) is 69.9 cm³/mol. The maximum atomic E-state index is 5.95. The van der Waals surface area contributed by atoms with Gasteiger partial charge >= 0.3 is 0 Å². The fourth-order valence-corrected chi connectivity index (χ4v) is 2.38. The summed E-state index contributed by atoms with van der Waals surface area (Å²) in [5.41, 5.74) is 8.96. The molecule has 0 radical (unpaired) electrons. The van der Waals surface area contributed by atoms with Gasteiger partial charge in [0.05, 0.1) is 6.04 Å². The van der Waals surface area contributed by atoms with Crippen molar-refractivity contribution >= 4 is 11.4 Å². The number of nitrogens with two attached hydrogens (primary N) is 1. The third-order valence-electron chi connectivity index (χ3n) is 3.30. The van der Waals surface area contributed by atoms with Crippen molar-refractivity contribution in [2.45, 2.75) is 45.1 Å². The highest BCUT2D eigenvalue weighted by atomic mass is 14.8. The molecule has 1 saturated carbocycles. The second-order valence-electron chi connectivity index (χ2n) is 4.59. The first-order valence-corrected chi connectivity index (χ1v) is 6.16. The molecule has 0 atom stereocenters. The fraction of sp³-hybridized carbons (Fsp3) is 0.500. The lowest BCUT2D eigenvalue weighted by Gasteiger charge is -2.18. The third-order valence-corrected chi connectivity index (χ3v) is 3.30.